The Hall–Kier alpha value is -1.53. The van der Waals surface area contributed by atoms with Crippen LogP contribution in [0.15, 0.2) is 39.2 Å². The third-order valence-corrected chi connectivity index (χ3v) is 4.28. The number of carbonyl (C=O) groups excluding carboxylic acids is 1. The molecule has 0 atom stereocenters. The maximum absolute atomic E-state index is 12.0. The Morgan fingerprint density at radius 2 is 2.00 bits per heavy atom. The highest BCUT2D eigenvalue weighted by atomic mass is 79.9. The van der Waals surface area contributed by atoms with Gasteiger partial charge in [0.1, 0.15) is 0 Å². The smallest absolute Gasteiger partial charge is 0.265 e. The molecule has 1 heterocycles. The number of nitrogens with one attached hydrogen (secondary N) is 1. The van der Waals surface area contributed by atoms with Gasteiger partial charge in [0.15, 0.2) is 5.01 Å². The van der Waals surface area contributed by atoms with Crippen molar-refractivity contribution in [1.82, 2.24) is 10.4 Å². The van der Waals surface area contributed by atoms with Gasteiger partial charge in [-0.05, 0) is 30.5 Å². The summed E-state index contributed by atoms with van der Waals surface area (Å²) in [7, 11) is 0. The van der Waals surface area contributed by atoms with Crippen LogP contribution in [0.4, 0.5) is 0 Å². The molecule has 2 aromatic rings. The number of benzene rings is 1. The van der Waals surface area contributed by atoms with Crippen molar-refractivity contribution in [3.8, 4) is 0 Å². The van der Waals surface area contributed by atoms with Gasteiger partial charge in [-0.1, -0.05) is 41.9 Å². The summed E-state index contributed by atoms with van der Waals surface area (Å²) in [6.07, 6.45) is 0. The zero-order chi connectivity index (χ0) is 15.4. The van der Waals surface area contributed by atoms with E-state index in [1.807, 2.05) is 50.4 Å². The molecule has 21 heavy (non-hydrogen) atoms. The van der Waals surface area contributed by atoms with Crippen LogP contribution < -0.4 is 5.43 Å². The van der Waals surface area contributed by atoms with Crippen LogP contribution in [0, 0.1) is 0 Å². The van der Waals surface area contributed by atoms with Crippen LogP contribution in [0.25, 0.3) is 0 Å². The highest BCUT2D eigenvalue weighted by Gasteiger charge is 2.12. The molecule has 0 unspecified atom stereocenters. The fourth-order valence-electron chi connectivity index (χ4n) is 1.59. The molecular weight excluding hydrogens is 350 g/mol. The average molecular weight is 366 g/mol. The van der Waals surface area contributed by atoms with E-state index in [-0.39, 0.29) is 5.91 Å². The molecule has 1 aromatic heterocycles. The third-order valence-electron chi connectivity index (χ3n) is 2.89. The van der Waals surface area contributed by atoms with Gasteiger partial charge < -0.3 is 0 Å². The van der Waals surface area contributed by atoms with Gasteiger partial charge in [-0.25, -0.2) is 10.4 Å². The van der Waals surface area contributed by atoms with E-state index in [1.165, 1.54) is 11.3 Å². The Kier molecular flexibility index (Phi) is 5.25. The van der Waals surface area contributed by atoms with Gasteiger partial charge in [-0.2, -0.15) is 5.10 Å². The van der Waals surface area contributed by atoms with E-state index in [0.717, 1.165) is 21.4 Å². The van der Waals surface area contributed by atoms with Gasteiger partial charge in [0.2, 0.25) is 0 Å². The average Bonchev–Trinajstić information content (AvgIpc) is 2.95. The molecule has 0 aliphatic carbocycles. The summed E-state index contributed by atoms with van der Waals surface area (Å²) < 4.78 is 1.01. The highest BCUT2D eigenvalue weighted by Crippen LogP contribution is 2.17. The van der Waals surface area contributed by atoms with E-state index in [9.17, 15) is 4.79 Å². The number of halogens is 1. The van der Waals surface area contributed by atoms with E-state index in [2.05, 4.69) is 31.4 Å². The predicted octanol–water partition coefficient (Wildman–Crippen LogP) is 4.18. The van der Waals surface area contributed by atoms with Crippen molar-refractivity contribution in [2.24, 2.45) is 5.10 Å². The number of aromatic nitrogens is 1. The van der Waals surface area contributed by atoms with Crippen molar-refractivity contribution in [3.05, 3.63) is 50.4 Å². The lowest BCUT2D eigenvalue weighted by Crippen LogP contribution is -2.19. The van der Waals surface area contributed by atoms with Crippen molar-refractivity contribution in [3.63, 3.8) is 0 Å². The molecule has 0 bridgehead atoms. The summed E-state index contributed by atoms with van der Waals surface area (Å²) in [6, 6.07) is 7.75. The molecule has 0 fully saturated rings. The first-order chi connectivity index (χ1) is 9.97. The van der Waals surface area contributed by atoms with Crippen LogP contribution in [-0.2, 0) is 0 Å². The van der Waals surface area contributed by atoms with Crippen molar-refractivity contribution in [1.29, 1.82) is 0 Å². The molecule has 4 nitrogen and oxygen atoms in total. The summed E-state index contributed by atoms with van der Waals surface area (Å²) >= 11 is 4.72. The lowest BCUT2D eigenvalue weighted by molar-refractivity contribution is 0.0954. The standard InChI is InChI=1S/C15H16BrN3OS/c1-9(2)13-8-21-15(17-13)14(20)19-18-10(3)11-4-6-12(16)7-5-11/h4-9H,1-3H3,(H,19,20)/b18-10+. The van der Waals surface area contributed by atoms with E-state index < -0.39 is 0 Å². The van der Waals surface area contributed by atoms with Crippen LogP contribution in [0.5, 0.6) is 0 Å². The lowest BCUT2D eigenvalue weighted by Gasteiger charge is -2.02. The van der Waals surface area contributed by atoms with Crippen molar-refractivity contribution < 1.29 is 4.79 Å². The minimum Gasteiger partial charge on any atom is -0.265 e. The van der Waals surface area contributed by atoms with Crippen molar-refractivity contribution in [2.75, 3.05) is 0 Å². The van der Waals surface area contributed by atoms with Gasteiger partial charge in [-0.15, -0.1) is 11.3 Å². The fraction of sp³-hybridized carbons (Fsp3) is 0.267. The first-order valence-corrected chi connectivity index (χ1v) is 8.20. The SMILES string of the molecule is C/C(=N\NC(=O)c1nc(C(C)C)cs1)c1ccc(Br)cc1. The summed E-state index contributed by atoms with van der Waals surface area (Å²) in [6.45, 7) is 5.95. The lowest BCUT2D eigenvalue weighted by atomic mass is 10.1. The van der Waals surface area contributed by atoms with Crippen molar-refractivity contribution >= 4 is 38.9 Å². The Balaban J connectivity index is 2.05. The number of thiazole rings is 1. The first kappa shape index (κ1) is 15.9. The zero-order valence-electron chi connectivity index (χ0n) is 12.1. The Labute approximate surface area is 136 Å². The molecule has 0 radical (unpaired) electrons. The summed E-state index contributed by atoms with van der Waals surface area (Å²) in [5.41, 5.74) is 5.18. The number of hydrogen-bond acceptors (Lipinski definition) is 4. The number of nitrogens with zero attached hydrogens (tertiary/aromatic N) is 2. The van der Waals surface area contributed by atoms with Crippen LogP contribution in [0.1, 0.15) is 47.7 Å². The van der Waals surface area contributed by atoms with Gasteiger partial charge in [0.25, 0.3) is 5.91 Å². The fourth-order valence-corrected chi connectivity index (χ4v) is 2.73. The summed E-state index contributed by atoms with van der Waals surface area (Å²) in [4.78, 5) is 16.3. The Bertz CT molecular complexity index is 662. The largest absolute Gasteiger partial charge is 0.300 e. The van der Waals surface area contributed by atoms with Gasteiger partial charge in [0, 0.05) is 9.85 Å². The molecule has 2 rings (SSSR count). The van der Waals surface area contributed by atoms with E-state index in [1.54, 1.807) is 0 Å². The van der Waals surface area contributed by atoms with Crippen molar-refractivity contribution in [2.45, 2.75) is 26.7 Å². The van der Waals surface area contributed by atoms with E-state index in [4.69, 9.17) is 0 Å². The predicted molar refractivity (Wildman–Crippen MR) is 90.0 cm³/mol. The quantitative estimate of drug-likeness (QED) is 0.652. The molecule has 110 valence electrons. The molecule has 0 spiro atoms. The monoisotopic (exact) mass is 365 g/mol. The minimum absolute atomic E-state index is 0.275. The second-order valence-electron chi connectivity index (χ2n) is 4.88. The maximum Gasteiger partial charge on any atom is 0.300 e. The number of hydrazone groups is 1. The zero-order valence-corrected chi connectivity index (χ0v) is 14.5. The topological polar surface area (TPSA) is 54.4 Å². The van der Waals surface area contributed by atoms with Crippen LogP contribution in [0.3, 0.4) is 0 Å². The third kappa shape index (κ3) is 4.22. The normalized spacial score (nSPS) is 11.8. The molecule has 0 saturated carbocycles. The number of hydrogen-bond donors (Lipinski definition) is 1. The highest BCUT2D eigenvalue weighted by molar-refractivity contribution is 9.10. The first-order valence-electron chi connectivity index (χ1n) is 6.53. The van der Waals surface area contributed by atoms with E-state index >= 15 is 0 Å². The van der Waals surface area contributed by atoms with Crippen LogP contribution >= 0.6 is 27.3 Å². The molecule has 1 amide bonds. The maximum atomic E-state index is 12.0. The molecular formula is C15H16BrN3OS. The second-order valence-corrected chi connectivity index (χ2v) is 6.65. The number of carbonyl (C=O) groups is 1. The minimum atomic E-state index is -0.275. The summed E-state index contributed by atoms with van der Waals surface area (Å²) in [5.74, 6) is 0.0409. The molecule has 0 saturated heterocycles. The number of amides is 1. The molecule has 1 aromatic carbocycles. The number of rotatable bonds is 4. The molecule has 6 heteroatoms. The van der Waals surface area contributed by atoms with Gasteiger partial charge in [-0.3, -0.25) is 4.79 Å². The Morgan fingerprint density at radius 1 is 1.33 bits per heavy atom. The van der Waals surface area contributed by atoms with Gasteiger partial charge >= 0.3 is 0 Å². The molecule has 1 N–H and O–H groups in total. The molecule has 0 aliphatic rings. The van der Waals surface area contributed by atoms with Crippen LogP contribution in [0.2, 0.25) is 0 Å². The Morgan fingerprint density at radius 3 is 2.57 bits per heavy atom. The van der Waals surface area contributed by atoms with Crippen LogP contribution in [-0.4, -0.2) is 16.6 Å². The summed E-state index contributed by atoms with van der Waals surface area (Å²) in [5, 5.41) is 6.47. The van der Waals surface area contributed by atoms with Gasteiger partial charge in [0.05, 0.1) is 11.4 Å². The van der Waals surface area contributed by atoms with E-state index in [0.29, 0.717) is 10.9 Å². The second kappa shape index (κ2) is 6.95. The molecule has 0 aliphatic heterocycles.